The third kappa shape index (κ3) is 6.61. The average molecular weight is 590 g/mol. The number of carbonyl (C=O) groups is 1. The van der Waals surface area contributed by atoms with Crippen molar-refractivity contribution in [1.82, 2.24) is 20.3 Å². The van der Waals surface area contributed by atoms with Crippen LogP contribution >= 0.6 is 11.8 Å². The molecule has 5 aliphatic carbocycles. The molecule has 0 aromatic carbocycles. The number of rotatable bonds is 9. The van der Waals surface area contributed by atoms with Crippen molar-refractivity contribution in [3.63, 3.8) is 0 Å². The van der Waals surface area contributed by atoms with Gasteiger partial charge in [-0.2, -0.15) is 10.2 Å². The van der Waals surface area contributed by atoms with Crippen LogP contribution in [-0.4, -0.2) is 44.5 Å². The molecule has 5 fully saturated rings. The molecule has 2 heterocycles. The molecule has 5 saturated carbocycles. The molecule has 4 bridgehead atoms. The van der Waals surface area contributed by atoms with Crippen LogP contribution in [0.25, 0.3) is 0 Å². The standard InChI is InChI=1S/C32H43N7O2S/c1-31(2,3)41-30(40)38-26-22-11-20-12-23(26)15-32(13-20,14-22)19-37-27-24(16-33)18-36-29(39-27)35-17-21-7-6-10-34-28(21)42-25-8-4-5-9-25/h6-7,10,18,20,22-23,25-26H,4-5,8-9,11-15,17,19H2,1-3H3,(H,38,40)(H2,35,36,37,39)/t20?,22-,23+,26?,32?. The Hall–Kier alpha value is -3.06. The van der Waals surface area contributed by atoms with Gasteiger partial charge in [-0.1, -0.05) is 18.9 Å². The third-order valence-corrected chi connectivity index (χ3v) is 10.9. The Morgan fingerprint density at radius 2 is 1.90 bits per heavy atom. The second-order valence-electron chi connectivity index (χ2n) is 13.9. The number of hydrogen-bond donors (Lipinski definition) is 3. The lowest BCUT2D eigenvalue weighted by Gasteiger charge is -2.60. The van der Waals surface area contributed by atoms with Gasteiger partial charge in [0.2, 0.25) is 5.95 Å². The van der Waals surface area contributed by atoms with Gasteiger partial charge in [0.1, 0.15) is 28.1 Å². The predicted octanol–water partition coefficient (Wildman–Crippen LogP) is 6.52. The maximum absolute atomic E-state index is 12.6. The first kappa shape index (κ1) is 29.0. The number of nitrogens with zero attached hydrogens (tertiary/aromatic N) is 4. The minimum Gasteiger partial charge on any atom is -0.444 e. The summed E-state index contributed by atoms with van der Waals surface area (Å²) in [4.78, 5) is 26.4. The van der Waals surface area contributed by atoms with Crippen molar-refractivity contribution in [2.24, 2.45) is 23.2 Å². The lowest BCUT2D eigenvalue weighted by atomic mass is 9.48. The summed E-state index contributed by atoms with van der Waals surface area (Å²) in [6.45, 7) is 7.06. The highest BCUT2D eigenvalue weighted by atomic mass is 32.2. The molecule has 10 heteroatoms. The summed E-state index contributed by atoms with van der Waals surface area (Å²) in [5, 5.41) is 21.7. The molecule has 224 valence electrons. The molecule has 0 aliphatic heterocycles. The molecule has 3 unspecified atom stereocenters. The number of aromatic nitrogens is 3. The molecule has 2 aromatic rings. The van der Waals surface area contributed by atoms with Gasteiger partial charge in [-0.3, -0.25) is 0 Å². The van der Waals surface area contributed by atoms with Gasteiger partial charge in [-0.05, 0) is 95.0 Å². The Morgan fingerprint density at radius 3 is 2.62 bits per heavy atom. The summed E-state index contributed by atoms with van der Waals surface area (Å²) >= 11 is 1.89. The maximum Gasteiger partial charge on any atom is 0.407 e. The summed E-state index contributed by atoms with van der Waals surface area (Å²) in [6, 6.07) is 6.52. The monoisotopic (exact) mass is 589 g/mol. The molecular formula is C32H43N7O2S. The topological polar surface area (TPSA) is 125 Å². The van der Waals surface area contributed by atoms with Crippen LogP contribution in [0.3, 0.4) is 0 Å². The van der Waals surface area contributed by atoms with Crippen molar-refractivity contribution in [3.05, 3.63) is 35.7 Å². The van der Waals surface area contributed by atoms with Crippen molar-refractivity contribution in [1.29, 1.82) is 5.26 Å². The van der Waals surface area contributed by atoms with E-state index in [2.05, 4.69) is 38.1 Å². The second-order valence-corrected chi connectivity index (χ2v) is 15.2. The Morgan fingerprint density at radius 1 is 1.14 bits per heavy atom. The molecule has 2 aromatic heterocycles. The quantitative estimate of drug-likeness (QED) is 0.300. The molecule has 5 aliphatic rings. The van der Waals surface area contributed by atoms with E-state index in [1.807, 2.05) is 44.8 Å². The van der Waals surface area contributed by atoms with Crippen LogP contribution in [0.5, 0.6) is 0 Å². The molecule has 0 saturated heterocycles. The first-order valence-corrected chi connectivity index (χ1v) is 16.4. The van der Waals surface area contributed by atoms with E-state index in [1.54, 1.807) is 6.20 Å². The minimum atomic E-state index is -0.500. The van der Waals surface area contributed by atoms with Gasteiger partial charge in [0.15, 0.2) is 0 Å². The van der Waals surface area contributed by atoms with Gasteiger partial charge in [0.25, 0.3) is 0 Å². The van der Waals surface area contributed by atoms with E-state index in [1.165, 1.54) is 44.9 Å². The number of alkyl carbamates (subject to hydrolysis) is 1. The van der Waals surface area contributed by atoms with Crippen molar-refractivity contribution in [3.8, 4) is 6.07 Å². The zero-order valence-electron chi connectivity index (χ0n) is 25.0. The van der Waals surface area contributed by atoms with Crippen LogP contribution < -0.4 is 16.0 Å². The first-order chi connectivity index (χ1) is 20.2. The Labute approximate surface area is 253 Å². The predicted molar refractivity (Wildman–Crippen MR) is 164 cm³/mol. The molecule has 7 rings (SSSR count). The summed E-state index contributed by atoms with van der Waals surface area (Å²) in [6.07, 6.45) is 13.9. The number of anilines is 2. The Kier molecular flexibility index (Phi) is 8.23. The van der Waals surface area contributed by atoms with Crippen molar-refractivity contribution in [2.45, 2.75) is 107 Å². The molecule has 0 spiro atoms. The molecule has 5 atom stereocenters. The lowest BCUT2D eigenvalue weighted by molar-refractivity contribution is -0.0703. The highest BCUT2D eigenvalue weighted by Gasteiger charge is 2.55. The summed E-state index contributed by atoms with van der Waals surface area (Å²) in [7, 11) is 0. The van der Waals surface area contributed by atoms with E-state index in [4.69, 9.17) is 9.72 Å². The molecule has 9 nitrogen and oxygen atoms in total. The van der Waals surface area contributed by atoms with Crippen LogP contribution in [0.4, 0.5) is 16.6 Å². The fourth-order valence-electron chi connectivity index (χ4n) is 8.05. The second kappa shape index (κ2) is 11.9. The Bertz CT molecular complexity index is 1320. The first-order valence-electron chi connectivity index (χ1n) is 15.5. The van der Waals surface area contributed by atoms with Gasteiger partial charge < -0.3 is 20.7 Å². The third-order valence-electron chi connectivity index (χ3n) is 9.49. The van der Waals surface area contributed by atoms with Gasteiger partial charge in [-0.15, -0.1) is 11.8 Å². The number of hydrogen-bond acceptors (Lipinski definition) is 9. The molecular weight excluding hydrogens is 546 g/mol. The molecule has 0 radical (unpaired) electrons. The number of carbonyl (C=O) groups excluding carboxylic acids is 1. The van der Waals surface area contributed by atoms with Gasteiger partial charge in [0, 0.05) is 36.1 Å². The highest BCUT2D eigenvalue weighted by molar-refractivity contribution is 7.99. The van der Waals surface area contributed by atoms with Crippen molar-refractivity contribution < 1.29 is 9.53 Å². The smallest absolute Gasteiger partial charge is 0.407 e. The number of pyridine rings is 1. The number of nitriles is 1. The van der Waals surface area contributed by atoms with E-state index in [0.29, 0.717) is 46.9 Å². The van der Waals surface area contributed by atoms with E-state index >= 15 is 0 Å². The SMILES string of the molecule is CC(C)(C)OC(=O)NC1[C@@H]2CC3C[C@H]1CC(CNc1nc(NCc4cccnc4SC4CCCC4)ncc1C#N)(C3)C2. The summed E-state index contributed by atoms with van der Waals surface area (Å²) < 4.78 is 5.58. The lowest BCUT2D eigenvalue weighted by Crippen LogP contribution is -2.60. The fraction of sp³-hybridized carbons (Fsp3) is 0.656. The highest BCUT2D eigenvalue weighted by Crippen LogP contribution is 2.60. The number of ether oxygens (including phenoxy) is 1. The normalized spacial score (nSPS) is 28.3. The zero-order valence-corrected chi connectivity index (χ0v) is 25.8. The van der Waals surface area contributed by atoms with Crippen molar-refractivity contribution in [2.75, 3.05) is 17.2 Å². The van der Waals surface area contributed by atoms with Gasteiger partial charge >= 0.3 is 6.09 Å². The van der Waals surface area contributed by atoms with Gasteiger partial charge in [0.05, 0.1) is 6.20 Å². The Balaban J connectivity index is 1.09. The largest absolute Gasteiger partial charge is 0.444 e. The van der Waals surface area contributed by atoms with Crippen LogP contribution in [0.1, 0.15) is 89.7 Å². The molecule has 1 amide bonds. The summed E-state index contributed by atoms with van der Waals surface area (Å²) in [5.41, 5.74) is 1.24. The molecule has 3 N–H and O–H groups in total. The van der Waals surface area contributed by atoms with Crippen LogP contribution in [0.15, 0.2) is 29.6 Å². The number of amides is 1. The van der Waals surface area contributed by atoms with Crippen LogP contribution in [0.2, 0.25) is 0 Å². The fourth-order valence-corrected chi connectivity index (χ4v) is 9.34. The van der Waals surface area contributed by atoms with Crippen molar-refractivity contribution >= 4 is 29.6 Å². The van der Waals surface area contributed by atoms with E-state index in [-0.39, 0.29) is 17.6 Å². The van der Waals surface area contributed by atoms with Crippen LogP contribution in [-0.2, 0) is 11.3 Å². The number of nitrogens with one attached hydrogen (secondary N) is 3. The maximum atomic E-state index is 12.6. The molecule has 42 heavy (non-hydrogen) atoms. The zero-order chi connectivity index (χ0) is 29.3. The van der Waals surface area contributed by atoms with Crippen LogP contribution in [0, 0.1) is 34.5 Å². The summed E-state index contributed by atoms with van der Waals surface area (Å²) in [5.74, 6) is 2.69. The van der Waals surface area contributed by atoms with E-state index in [9.17, 15) is 10.1 Å². The van der Waals surface area contributed by atoms with E-state index < -0.39 is 5.60 Å². The average Bonchev–Trinajstić information content (AvgIpc) is 3.45. The van der Waals surface area contributed by atoms with Gasteiger partial charge in [-0.25, -0.2) is 14.8 Å². The van der Waals surface area contributed by atoms with E-state index in [0.717, 1.165) is 30.0 Å². The number of thioether (sulfide) groups is 1. The minimum absolute atomic E-state index is 0.149.